The van der Waals surface area contributed by atoms with Crippen molar-refractivity contribution in [2.75, 3.05) is 12.4 Å². The van der Waals surface area contributed by atoms with Crippen LogP contribution < -0.4 is 0 Å². The van der Waals surface area contributed by atoms with Gasteiger partial charge < -0.3 is 4.74 Å². The first-order chi connectivity index (χ1) is 4.14. The zero-order valence-corrected chi connectivity index (χ0v) is 5.85. The van der Waals surface area contributed by atoms with Crippen molar-refractivity contribution in [1.29, 1.82) is 0 Å². The molecule has 4 nitrogen and oxygen atoms in total. The second-order valence-electron chi connectivity index (χ2n) is 1.71. The molecule has 0 amide bonds. The van der Waals surface area contributed by atoms with Crippen LogP contribution in [0.1, 0.15) is 6.92 Å². The lowest BCUT2D eigenvalue weighted by atomic mass is 10.9. The summed E-state index contributed by atoms with van der Waals surface area (Å²) < 4.78 is 30.1. The van der Waals surface area contributed by atoms with Crippen LogP contribution in [0, 0.1) is 0 Å². The Morgan fingerprint density at radius 3 is 2.67 bits per heavy atom. The third-order valence-corrected chi connectivity index (χ3v) is 2.13. The topological polar surface area (TPSA) is 55.9 Å². The highest BCUT2D eigenvalue weighted by molar-refractivity contribution is 7.86. The van der Waals surface area contributed by atoms with E-state index in [9.17, 15) is 8.42 Å². The Morgan fingerprint density at radius 2 is 2.33 bits per heavy atom. The molecule has 0 aromatic rings. The summed E-state index contributed by atoms with van der Waals surface area (Å²) in [6.07, 6.45) is -0.491. The van der Waals surface area contributed by atoms with E-state index < -0.39 is 16.4 Å². The maximum atomic E-state index is 10.5. The molecule has 5 heteroatoms. The Morgan fingerprint density at radius 1 is 1.78 bits per heavy atom. The molecule has 1 fully saturated rings. The van der Waals surface area contributed by atoms with E-state index in [4.69, 9.17) is 0 Å². The van der Waals surface area contributed by atoms with Crippen molar-refractivity contribution in [2.24, 2.45) is 0 Å². The van der Waals surface area contributed by atoms with E-state index in [0.29, 0.717) is 6.61 Å². The van der Waals surface area contributed by atoms with Crippen LogP contribution in [-0.4, -0.2) is 27.1 Å². The van der Waals surface area contributed by atoms with Crippen molar-refractivity contribution in [3.63, 3.8) is 0 Å². The van der Waals surface area contributed by atoms with Gasteiger partial charge in [0.25, 0.3) is 10.1 Å². The lowest BCUT2D eigenvalue weighted by Crippen LogP contribution is -2.09. The van der Waals surface area contributed by atoms with E-state index in [2.05, 4.69) is 8.92 Å². The van der Waals surface area contributed by atoms with E-state index in [-0.39, 0.29) is 5.75 Å². The van der Waals surface area contributed by atoms with Gasteiger partial charge in [-0.1, -0.05) is 0 Å². The normalized spacial score (nSPS) is 26.1. The average molecular weight is 152 g/mol. The molecular weight excluding hydrogens is 144 g/mol. The van der Waals surface area contributed by atoms with E-state index in [1.165, 1.54) is 6.92 Å². The number of epoxide rings is 1. The molecule has 0 spiro atoms. The van der Waals surface area contributed by atoms with E-state index >= 15 is 0 Å². The number of ether oxygens (including phenoxy) is 1. The van der Waals surface area contributed by atoms with Gasteiger partial charge in [-0.15, -0.1) is 0 Å². The maximum absolute atomic E-state index is 10.5. The molecule has 1 aliphatic heterocycles. The molecule has 0 aromatic carbocycles. The lowest BCUT2D eigenvalue weighted by molar-refractivity contribution is 0.186. The van der Waals surface area contributed by atoms with Crippen LogP contribution in [0.2, 0.25) is 0 Å². The van der Waals surface area contributed by atoms with Gasteiger partial charge in [0.15, 0.2) is 6.29 Å². The molecule has 1 rings (SSSR count). The van der Waals surface area contributed by atoms with E-state index in [0.717, 1.165) is 0 Å². The van der Waals surface area contributed by atoms with Gasteiger partial charge in [0.05, 0.1) is 5.75 Å². The van der Waals surface area contributed by atoms with Crippen molar-refractivity contribution < 1.29 is 17.3 Å². The first-order valence-corrected chi connectivity index (χ1v) is 4.24. The molecule has 0 N–H and O–H groups in total. The number of rotatable bonds is 3. The largest absolute Gasteiger partial charge is 0.344 e. The summed E-state index contributed by atoms with van der Waals surface area (Å²) >= 11 is 0. The Kier molecular flexibility index (Phi) is 1.74. The van der Waals surface area contributed by atoms with Gasteiger partial charge in [-0.2, -0.15) is 8.42 Å². The van der Waals surface area contributed by atoms with Gasteiger partial charge >= 0.3 is 0 Å². The van der Waals surface area contributed by atoms with Crippen molar-refractivity contribution >= 4 is 10.1 Å². The highest BCUT2D eigenvalue weighted by Gasteiger charge is 2.28. The summed E-state index contributed by atoms with van der Waals surface area (Å²) in [5, 5.41) is 0. The van der Waals surface area contributed by atoms with Crippen molar-refractivity contribution in [3.8, 4) is 0 Å². The van der Waals surface area contributed by atoms with Gasteiger partial charge in [0, 0.05) is 0 Å². The summed E-state index contributed by atoms with van der Waals surface area (Å²) in [6, 6.07) is 0. The predicted octanol–water partition coefficient (Wildman–Crippen LogP) is -0.291. The third kappa shape index (κ3) is 2.30. The number of hydrogen-bond donors (Lipinski definition) is 0. The molecule has 54 valence electrons. The summed E-state index contributed by atoms with van der Waals surface area (Å²) in [5.74, 6) is 0.00681. The van der Waals surface area contributed by atoms with Gasteiger partial charge in [-0.05, 0) is 6.92 Å². The fourth-order valence-electron chi connectivity index (χ4n) is 0.326. The molecule has 9 heavy (non-hydrogen) atoms. The average Bonchev–Trinajstić information content (AvgIpc) is 2.50. The molecule has 1 aliphatic rings. The van der Waals surface area contributed by atoms with Crippen LogP contribution in [0.3, 0.4) is 0 Å². The predicted molar refractivity (Wildman–Crippen MR) is 30.3 cm³/mol. The molecule has 1 saturated heterocycles. The molecule has 0 bridgehead atoms. The molecular formula is C4H8O4S. The van der Waals surface area contributed by atoms with E-state index in [1.807, 2.05) is 0 Å². The molecule has 1 atom stereocenters. The minimum atomic E-state index is -3.28. The van der Waals surface area contributed by atoms with Crippen LogP contribution in [0.25, 0.3) is 0 Å². The second-order valence-corrected chi connectivity index (χ2v) is 3.59. The SMILES string of the molecule is CCS(=O)(=O)O[C@H]1CO1. The summed E-state index contributed by atoms with van der Waals surface area (Å²) in [5.41, 5.74) is 0. The highest BCUT2D eigenvalue weighted by atomic mass is 32.2. The fourth-order valence-corrected chi connectivity index (χ4v) is 0.901. The molecule has 1 heterocycles. The third-order valence-electron chi connectivity index (χ3n) is 0.910. The van der Waals surface area contributed by atoms with Crippen LogP contribution >= 0.6 is 0 Å². The van der Waals surface area contributed by atoms with Crippen LogP contribution in [0.15, 0.2) is 0 Å². The molecule has 0 unspecified atom stereocenters. The second kappa shape index (κ2) is 2.24. The molecule has 0 saturated carbocycles. The Balaban J connectivity index is 2.40. The van der Waals surface area contributed by atoms with Gasteiger partial charge in [-0.3, -0.25) is 0 Å². The number of hydrogen-bond acceptors (Lipinski definition) is 4. The quantitative estimate of drug-likeness (QED) is 0.412. The summed E-state index contributed by atoms with van der Waals surface area (Å²) in [7, 11) is -3.28. The van der Waals surface area contributed by atoms with Gasteiger partial charge in [0.1, 0.15) is 6.61 Å². The highest BCUT2D eigenvalue weighted by Crippen LogP contribution is 2.13. The van der Waals surface area contributed by atoms with Gasteiger partial charge in [0.2, 0.25) is 0 Å². The van der Waals surface area contributed by atoms with Crippen LogP contribution in [-0.2, 0) is 19.0 Å². The van der Waals surface area contributed by atoms with Crippen molar-refractivity contribution in [2.45, 2.75) is 13.2 Å². The van der Waals surface area contributed by atoms with Gasteiger partial charge in [-0.25, -0.2) is 4.18 Å². The smallest absolute Gasteiger partial charge is 0.269 e. The summed E-state index contributed by atoms with van der Waals surface area (Å²) in [6.45, 7) is 1.93. The maximum Gasteiger partial charge on any atom is 0.269 e. The zero-order valence-electron chi connectivity index (χ0n) is 5.03. The van der Waals surface area contributed by atoms with Crippen LogP contribution in [0.5, 0.6) is 0 Å². The monoisotopic (exact) mass is 152 g/mol. The minimum absolute atomic E-state index is 0.00681. The molecule has 0 aromatic heterocycles. The lowest BCUT2D eigenvalue weighted by Gasteiger charge is -1.95. The van der Waals surface area contributed by atoms with Crippen molar-refractivity contribution in [1.82, 2.24) is 0 Å². The van der Waals surface area contributed by atoms with E-state index in [1.54, 1.807) is 0 Å². The zero-order chi connectivity index (χ0) is 6.91. The minimum Gasteiger partial charge on any atom is -0.344 e. The summed E-state index contributed by atoms with van der Waals surface area (Å²) in [4.78, 5) is 0. The Labute approximate surface area is 53.9 Å². The Hall–Kier alpha value is -0.130. The standard InChI is InChI=1S/C4H8O4S/c1-2-9(5,6)8-4-3-7-4/h4H,2-3H2,1H3/t4-/m0/s1. The first-order valence-electron chi connectivity index (χ1n) is 2.66. The first kappa shape index (κ1) is 6.98. The molecule has 0 aliphatic carbocycles. The fraction of sp³-hybridized carbons (Fsp3) is 1.00. The Bertz CT molecular complexity index is 179. The molecule has 0 radical (unpaired) electrons. The van der Waals surface area contributed by atoms with Crippen molar-refractivity contribution in [3.05, 3.63) is 0 Å². The van der Waals surface area contributed by atoms with Crippen LogP contribution in [0.4, 0.5) is 0 Å².